The third-order valence-electron chi connectivity index (χ3n) is 3.06. The van der Waals surface area contributed by atoms with Gasteiger partial charge < -0.3 is 20.1 Å². The Morgan fingerprint density at radius 3 is 2.43 bits per heavy atom. The molecule has 128 valence electrons. The van der Waals surface area contributed by atoms with E-state index in [1.807, 2.05) is 52.0 Å². The Morgan fingerprint density at radius 1 is 1.22 bits per heavy atom. The van der Waals surface area contributed by atoms with Gasteiger partial charge in [-0.05, 0) is 38.8 Å². The first-order chi connectivity index (χ1) is 10.8. The Hall–Kier alpha value is -2.24. The molecule has 6 heteroatoms. The largest absolute Gasteiger partial charge is 0.467 e. The van der Waals surface area contributed by atoms with Gasteiger partial charge in [-0.15, -0.1) is 0 Å². The van der Waals surface area contributed by atoms with Crippen LogP contribution in [0.15, 0.2) is 24.3 Å². The van der Waals surface area contributed by atoms with Crippen LogP contribution in [0.2, 0.25) is 0 Å². The maximum Gasteiger partial charge on any atom is 0.407 e. The molecule has 0 saturated carbocycles. The average molecular weight is 322 g/mol. The van der Waals surface area contributed by atoms with Gasteiger partial charge in [-0.2, -0.15) is 0 Å². The van der Waals surface area contributed by atoms with Gasteiger partial charge in [0.05, 0.1) is 7.11 Å². The number of hydrogen-bond acceptors (Lipinski definition) is 5. The number of nitrogens with one attached hydrogen (secondary N) is 2. The summed E-state index contributed by atoms with van der Waals surface area (Å²) >= 11 is 0. The first-order valence-corrected chi connectivity index (χ1v) is 7.66. The lowest BCUT2D eigenvalue weighted by Gasteiger charge is -2.21. The van der Waals surface area contributed by atoms with Crippen molar-refractivity contribution in [2.75, 3.05) is 12.4 Å². The predicted molar refractivity (Wildman–Crippen MR) is 89.2 cm³/mol. The number of hydrogen-bond donors (Lipinski definition) is 2. The molecule has 0 spiro atoms. The molecule has 0 bridgehead atoms. The van der Waals surface area contributed by atoms with Crippen molar-refractivity contribution < 1.29 is 19.1 Å². The molecular weight excluding hydrogens is 296 g/mol. The molecule has 1 aromatic carbocycles. The van der Waals surface area contributed by atoms with E-state index in [0.717, 1.165) is 11.3 Å². The minimum atomic E-state index is -0.542. The maximum absolute atomic E-state index is 11.7. The molecule has 1 aromatic rings. The molecule has 0 aliphatic rings. The normalized spacial score (nSPS) is 12.2. The predicted octanol–water partition coefficient (Wildman–Crippen LogP) is 3.07. The van der Waals surface area contributed by atoms with E-state index in [0.29, 0.717) is 13.0 Å². The van der Waals surface area contributed by atoms with Gasteiger partial charge in [-0.3, -0.25) is 0 Å². The van der Waals surface area contributed by atoms with E-state index >= 15 is 0 Å². The van der Waals surface area contributed by atoms with Crippen LogP contribution in [0.5, 0.6) is 0 Å². The van der Waals surface area contributed by atoms with E-state index in [1.165, 1.54) is 7.11 Å². The number of carbonyl (C=O) groups is 2. The van der Waals surface area contributed by atoms with Gasteiger partial charge in [0.15, 0.2) is 0 Å². The lowest BCUT2D eigenvalue weighted by atomic mass is 10.1. The van der Waals surface area contributed by atoms with Crippen LogP contribution in [0.3, 0.4) is 0 Å². The van der Waals surface area contributed by atoms with Crippen molar-refractivity contribution in [3.63, 3.8) is 0 Å². The number of methoxy groups -OCH3 is 1. The highest BCUT2D eigenvalue weighted by Gasteiger charge is 2.19. The number of anilines is 1. The van der Waals surface area contributed by atoms with E-state index < -0.39 is 17.7 Å². The van der Waals surface area contributed by atoms with Crippen LogP contribution in [-0.4, -0.2) is 30.8 Å². The van der Waals surface area contributed by atoms with Crippen molar-refractivity contribution in [2.45, 2.75) is 52.3 Å². The highest BCUT2D eigenvalue weighted by atomic mass is 16.6. The van der Waals surface area contributed by atoms with Crippen LogP contribution in [0.1, 0.15) is 39.7 Å². The van der Waals surface area contributed by atoms with Gasteiger partial charge >= 0.3 is 12.1 Å². The molecule has 2 N–H and O–H groups in total. The highest BCUT2D eigenvalue weighted by molar-refractivity contribution is 5.79. The zero-order chi connectivity index (χ0) is 17.5. The average Bonchev–Trinajstić information content (AvgIpc) is 2.49. The minimum absolute atomic E-state index is 0.301. The monoisotopic (exact) mass is 322 g/mol. The maximum atomic E-state index is 11.7. The summed E-state index contributed by atoms with van der Waals surface area (Å²) in [6, 6.07) is 7.05. The molecule has 0 aliphatic carbocycles. The van der Waals surface area contributed by atoms with Gasteiger partial charge in [-0.25, -0.2) is 9.59 Å². The molecule has 1 rings (SSSR count). The molecule has 23 heavy (non-hydrogen) atoms. The summed E-state index contributed by atoms with van der Waals surface area (Å²) in [5, 5.41) is 5.87. The Labute approximate surface area is 137 Å². The SMILES string of the molecule is CCC(Nc1ccccc1CNC(=O)OC(C)(C)C)C(=O)OC. The quantitative estimate of drug-likeness (QED) is 0.787. The Bertz CT molecular complexity index is 538. The number of benzene rings is 1. The molecular formula is C17H26N2O4. The topological polar surface area (TPSA) is 76.7 Å². The number of para-hydroxylation sites is 1. The molecule has 1 amide bonds. The third kappa shape index (κ3) is 6.59. The number of amides is 1. The van der Waals surface area contributed by atoms with E-state index in [2.05, 4.69) is 10.6 Å². The van der Waals surface area contributed by atoms with Crippen molar-refractivity contribution in [2.24, 2.45) is 0 Å². The summed E-state index contributed by atoms with van der Waals surface area (Å²) in [4.78, 5) is 23.5. The number of rotatable bonds is 6. The molecule has 0 saturated heterocycles. The van der Waals surface area contributed by atoms with Crippen LogP contribution >= 0.6 is 0 Å². The molecule has 0 aromatic heterocycles. The van der Waals surface area contributed by atoms with Crippen molar-refractivity contribution in [1.29, 1.82) is 0 Å². The van der Waals surface area contributed by atoms with Gasteiger partial charge in [0, 0.05) is 12.2 Å². The van der Waals surface area contributed by atoms with Crippen LogP contribution in [0.25, 0.3) is 0 Å². The summed E-state index contributed by atoms with van der Waals surface area (Å²) in [6.07, 6.45) is 0.118. The standard InChI is InChI=1S/C17H26N2O4/c1-6-13(15(20)22-5)19-14-10-8-7-9-12(14)11-18-16(21)23-17(2,3)4/h7-10,13,19H,6,11H2,1-5H3,(H,18,21). The minimum Gasteiger partial charge on any atom is -0.467 e. The second kappa shape index (κ2) is 8.41. The van der Waals surface area contributed by atoms with Crippen LogP contribution in [0.4, 0.5) is 10.5 Å². The zero-order valence-electron chi connectivity index (χ0n) is 14.4. The van der Waals surface area contributed by atoms with Gasteiger partial charge in [-0.1, -0.05) is 25.1 Å². The number of ether oxygens (including phenoxy) is 2. The first-order valence-electron chi connectivity index (χ1n) is 7.66. The van der Waals surface area contributed by atoms with Crippen molar-refractivity contribution >= 4 is 17.7 Å². The third-order valence-corrected chi connectivity index (χ3v) is 3.06. The number of alkyl carbamates (subject to hydrolysis) is 1. The number of carbonyl (C=O) groups excluding carboxylic acids is 2. The molecule has 0 heterocycles. The highest BCUT2D eigenvalue weighted by Crippen LogP contribution is 2.17. The van der Waals surface area contributed by atoms with Crippen LogP contribution in [0, 0.1) is 0 Å². The zero-order valence-corrected chi connectivity index (χ0v) is 14.4. The lowest BCUT2D eigenvalue weighted by molar-refractivity contribution is -0.141. The second-order valence-electron chi connectivity index (χ2n) is 6.14. The lowest BCUT2D eigenvalue weighted by Crippen LogP contribution is -2.33. The van der Waals surface area contributed by atoms with Crippen LogP contribution < -0.4 is 10.6 Å². The molecule has 6 nitrogen and oxygen atoms in total. The molecule has 0 fully saturated rings. The molecule has 0 aliphatic heterocycles. The fourth-order valence-corrected chi connectivity index (χ4v) is 1.95. The number of esters is 1. The van der Waals surface area contributed by atoms with Crippen molar-refractivity contribution in [3.05, 3.63) is 29.8 Å². The second-order valence-corrected chi connectivity index (χ2v) is 6.14. The first kappa shape index (κ1) is 18.8. The van der Waals surface area contributed by atoms with E-state index in [-0.39, 0.29) is 5.97 Å². The summed E-state index contributed by atoms with van der Waals surface area (Å²) in [7, 11) is 1.36. The van der Waals surface area contributed by atoms with Gasteiger partial charge in [0.2, 0.25) is 0 Å². The summed E-state index contributed by atoms with van der Waals surface area (Å²) in [5.74, 6) is -0.317. The van der Waals surface area contributed by atoms with Crippen molar-refractivity contribution in [1.82, 2.24) is 5.32 Å². The van der Waals surface area contributed by atoms with E-state index in [4.69, 9.17) is 9.47 Å². The van der Waals surface area contributed by atoms with Gasteiger partial charge in [0.25, 0.3) is 0 Å². The molecule has 0 radical (unpaired) electrons. The fraction of sp³-hybridized carbons (Fsp3) is 0.529. The molecule has 1 atom stereocenters. The summed E-state index contributed by atoms with van der Waals surface area (Å²) in [6.45, 7) is 7.63. The Morgan fingerprint density at radius 2 is 1.87 bits per heavy atom. The summed E-state index contributed by atoms with van der Waals surface area (Å²) in [5.41, 5.74) is 1.10. The van der Waals surface area contributed by atoms with Gasteiger partial charge in [0.1, 0.15) is 11.6 Å². The Kier molecular flexibility index (Phi) is 6.88. The Balaban J connectivity index is 2.74. The smallest absolute Gasteiger partial charge is 0.407 e. The van der Waals surface area contributed by atoms with E-state index in [1.54, 1.807) is 0 Å². The molecule has 1 unspecified atom stereocenters. The fourth-order valence-electron chi connectivity index (χ4n) is 1.95. The van der Waals surface area contributed by atoms with Crippen molar-refractivity contribution in [3.8, 4) is 0 Å². The summed E-state index contributed by atoms with van der Waals surface area (Å²) < 4.78 is 9.99. The van der Waals surface area contributed by atoms with E-state index in [9.17, 15) is 9.59 Å². The van der Waals surface area contributed by atoms with Crippen LogP contribution in [-0.2, 0) is 20.8 Å².